The number of hydrogen-bond acceptors (Lipinski definition) is 4. The second-order valence-corrected chi connectivity index (χ2v) is 7.52. The number of fused-ring (bicyclic) bond motifs is 1. The van der Waals surface area contributed by atoms with Crippen molar-refractivity contribution in [3.05, 3.63) is 36.4 Å². The molecule has 0 aromatic heterocycles. The number of hydrogen-bond donors (Lipinski definition) is 2. The standard InChI is InChI=1S/C15H20N2O2S2/c1-20-11-5-4-10-17-21(18,19)15-9-8-14(16)12-6-2-3-7-13(12)15/h2-3,6-9,17H,4-5,10-11,16H2,1H3. The molecule has 2 aromatic carbocycles. The van der Waals surface area contributed by atoms with Crippen LogP contribution in [0.4, 0.5) is 5.69 Å². The van der Waals surface area contributed by atoms with E-state index in [0.717, 1.165) is 24.0 Å². The molecule has 0 saturated heterocycles. The number of unbranched alkanes of at least 4 members (excludes halogenated alkanes) is 1. The minimum Gasteiger partial charge on any atom is -0.398 e. The Morgan fingerprint density at radius 2 is 1.81 bits per heavy atom. The molecule has 0 aliphatic rings. The monoisotopic (exact) mass is 324 g/mol. The smallest absolute Gasteiger partial charge is 0.241 e. The zero-order chi connectivity index (χ0) is 15.3. The van der Waals surface area contributed by atoms with Gasteiger partial charge in [0, 0.05) is 23.0 Å². The lowest BCUT2D eigenvalue weighted by atomic mass is 10.1. The zero-order valence-corrected chi connectivity index (χ0v) is 13.6. The van der Waals surface area contributed by atoms with E-state index in [4.69, 9.17) is 5.73 Å². The molecule has 0 aliphatic heterocycles. The third kappa shape index (κ3) is 3.90. The Labute approximate surface area is 130 Å². The van der Waals surface area contributed by atoms with Crippen molar-refractivity contribution in [3.8, 4) is 0 Å². The van der Waals surface area contributed by atoms with Gasteiger partial charge in [0.2, 0.25) is 10.0 Å². The highest BCUT2D eigenvalue weighted by Crippen LogP contribution is 2.27. The van der Waals surface area contributed by atoms with Crippen molar-refractivity contribution in [1.82, 2.24) is 4.72 Å². The molecule has 0 atom stereocenters. The molecule has 4 nitrogen and oxygen atoms in total. The number of thioether (sulfide) groups is 1. The number of anilines is 1. The molecule has 0 radical (unpaired) electrons. The molecule has 114 valence electrons. The summed E-state index contributed by atoms with van der Waals surface area (Å²) in [4.78, 5) is 0.289. The lowest BCUT2D eigenvalue weighted by molar-refractivity contribution is 0.579. The number of nitrogens with two attached hydrogens (primary N) is 1. The molecule has 0 saturated carbocycles. The van der Waals surface area contributed by atoms with Gasteiger partial charge in [-0.1, -0.05) is 24.3 Å². The predicted molar refractivity (Wildman–Crippen MR) is 91.2 cm³/mol. The van der Waals surface area contributed by atoms with Crippen LogP contribution in [0.5, 0.6) is 0 Å². The number of nitrogens with one attached hydrogen (secondary N) is 1. The quantitative estimate of drug-likeness (QED) is 0.607. The van der Waals surface area contributed by atoms with Crippen LogP contribution in [-0.4, -0.2) is 27.0 Å². The second kappa shape index (κ2) is 7.15. The van der Waals surface area contributed by atoms with Crippen LogP contribution < -0.4 is 10.5 Å². The summed E-state index contributed by atoms with van der Waals surface area (Å²) in [7, 11) is -3.50. The summed E-state index contributed by atoms with van der Waals surface area (Å²) < 4.78 is 27.5. The molecule has 0 unspecified atom stereocenters. The van der Waals surface area contributed by atoms with E-state index >= 15 is 0 Å². The van der Waals surface area contributed by atoms with Crippen LogP contribution in [-0.2, 0) is 10.0 Å². The average molecular weight is 324 g/mol. The van der Waals surface area contributed by atoms with E-state index in [1.54, 1.807) is 30.0 Å². The van der Waals surface area contributed by atoms with Crippen molar-refractivity contribution in [2.75, 3.05) is 24.3 Å². The van der Waals surface area contributed by atoms with Gasteiger partial charge in [0.1, 0.15) is 0 Å². The molecule has 0 spiro atoms. The SMILES string of the molecule is CSCCCCNS(=O)(=O)c1ccc(N)c2ccccc12. The maximum absolute atomic E-state index is 12.4. The third-order valence-electron chi connectivity index (χ3n) is 3.27. The van der Waals surface area contributed by atoms with Crippen LogP contribution >= 0.6 is 11.8 Å². The molecule has 21 heavy (non-hydrogen) atoms. The Balaban J connectivity index is 2.23. The molecule has 6 heteroatoms. The van der Waals surface area contributed by atoms with Gasteiger partial charge in [-0.25, -0.2) is 13.1 Å². The average Bonchev–Trinajstić information content (AvgIpc) is 2.47. The molecule has 0 heterocycles. The van der Waals surface area contributed by atoms with Gasteiger partial charge in [-0.2, -0.15) is 11.8 Å². The van der Waals surface area contributed by atoms with Crippen LogP contribution in [0.2, 0.25) is 0 Å². The van der Waals surface area contributed by atoms with Gasteiger partial charge >= 0.3 is 0 Å². The fourth-order valence-electron chi connectivity index (χ4n) is 2.18. The molecule has 3 N–H and O–H groups in total. The van der Waals surface area contributed by atoms with E-state index in [9.17, 15) is 8.42 Å². The molecule has 0 fully saturated rings. The van der Waals surface area contributed by atoms with Gasteiger partial charge < -0.3 is 5.73 Å². The van der Waals surface area contributed by atoms with Crippen molar-refractivity contribution < 1.29 is 8.42 Å². The van der Waals surface area contributed by atoms with Crippen molar-refractivity contribution in [2.24, 2.45) is 0 Å². The molecular weight excluding hydrogens is 304 g/mol. The number of benzene rings is 2. The molecule has 0 aliphatic carbocycles. The van der Waals surface area contributed by atoms with Crippen molar-refractivity contribution >= 4 is 38.2 Å². The first-order chi connectivity index (χ1) is 10.1. The fraction of sp³-hybridized carbons (Fsp3) is 0.333. The van der Waals surface area contributed by atoms with Crippen molar-refractivity contribution in [2.45, 2.75) is 17.7 Å². The fourth-order valence-corrected chi connectivity index (χ4v) is 3.96. The molecular formula is C15H20N2O2S2. The predicted octanol–water partition coefficient (Wildman–Crippen LogP) is 2.84. The normalized spacial score (nSPS) is 11.9. The van der Waals surface area contributed by atoms with Crippen LogP contribution in [0, 0.1) is 0 Å². The zero-order valence-electron chi connectivity index (χ0n) is 12.0. The first kappa shape index (κ1) is 16.1. The van der Waals surface area contributed by atoms with Gasteiger partial charge in [-0.15, -0.1) is 0 Å². The van der Waals surface area contributed by atoms with Crippen molar-refractivity contribution in [1.29, 1.82) is 0 Å². The number of sulfonamides is 1. The van der Waals surface area contributed by atoms with Crippen molar-refractivity contribution in [3.63, 3.8) is 0 Å². The van der Waals surface area contributed by atoms with Crippen LogP contribution in [0.3, 0.4) is 0 Å². The highest BCUT2D eigenvalue weighted by Gasteiger charge is 2.17. The summed E-state index contributed by atoms with van der Waals surface area (Å²) in [6.45, 7) is 0.460. The lowest BCUT2D eigenvalue weighted by Crippen LogP contribution is -2.25. The highest BCUT2D eigenvalue weighted by atomic mass is 32.2. The Bertz CT molecular complexity index is 715. The molecule has 0 amide bonds. The molecule has 2 rings (SSSR count). The lowest BCUT2D eigenvalue weighted by Gasteiger charge is -2.11. The van der Waals surface area contributed by atoms with E-state index < -0.39 is 10.0 Å². The van der Waals surface area contributed by atoms with Crippen LogP contribution in [0.1, 0.15) is 12.8 Å². The largest absolute Gasteiger partial charge is 0.398 e. The topological polar surface area (TPSA) is 72.2 Å². The van der Waals surface area contributed by atoms with E-state index in [2.05, 4.69) is 4.72 Å². The first-order valence-corrected chi connectivity index (χ1v) is 9.70. The van der Waals surface area contributed by atoms with E-state index in [-0.39, 0.29) is 4.90 Å². The Morgan fingerprint density at radius 1 is 1.10 bits per heavy atom. The maximum Gasteiger partial charge on any atom is 0.241 e. The summed E-state index contributed by atoms with van der Waals surface area (Å²) in [5.41, 5.74) is 6.49. The minimum atomic E-state index is -3.50. The van der Waals surface area contributed by atoms with Gasteiger partial charge in [0.15, 0.2) is 0 Å². The number of nitrogen functional groups attached to an aromatic ring is 1. The summed E-state index contributed by atoms with van der Waals surface area (Å²) in [6, 6.07) is 10.5. The first-order valence-electron chi connectivity index (χ1n) is 6.82. The second-order valence-electron chi connectivity index (χ2n) is 4.80. The Morgan fingerprint density at radius 3 is 2.52 bits per heavy atom. The summed E-state index contributed by atoms with van der Waals surface area (Å²) in [6.07, 6.45) is 3.89. The Hall–Kier alpha value is -1.24. The summed E-state index contributed by atoms with van der Waals surface area (Å²) in [5.74, 6) is 1.05. The van der Waals surface area contributed by atoms with Crippen LogP contribution in [0.15, 0.2) is 41.3 Å². The van der Waals surface area contributed by atoms with E-state index in [1.165, 1.54) is 0 Å². The summed E-state index contributed by atoms with van der Waals surface area (Å²) in [5, 5.41) is 1.43. The van der Waals surface area contributed by atoms with Crippen LogP contribution in [0.25, 0.3) is 10.8 Å². The third-order valence-corrected chi connectivity index (χ3v) is 5.49. The van der Waals surface area contributed by atoms with Gasteiger partial charge in [-0.05, 0) is 37.0 Å². The molecule has 2 aromatic rings. The molecule has 0 bridgehead atoms. The van der Waals surface area contributed by atoms with Gasteiger partial charge in [0.05, 0.1) is 4.90 Å². The minimum absolute atomic E-state index is 0.289. The van der Waals surface area contributed by atoms with Gasteiger partial charge in [0.25, 0.3) is 0 Å². The summed E-state index contributed by atoms with van der Waals surface area (Å²) >= 11 is 1.77. The Kier molecular flexibility index (Phi) is 5.50. The maximum atomic E-state index is 12.4. The van der Waals surface area contributed by atoms with E-state index in [1.807, 2.05) is 24.5 Å². The van der Waals surface area contributed by atoms with Gasteiger partial charge in [-0.3, -0.25) is 0 Å². The highest BCUT2D eigenvalue weighted by molar-refractivity contribution is 7.98. The number of rotatable bonds is 7. The van der Waals surface area contributed by atoms with E-state index in [0.29, 0.717) is 17.6 Å².